The minimum Gasteiger partial charge on any atom is -0.310 e. The Bertz CT molecular complexity index is 950. The third-order valence-corrected chi connectivity index (χ3v) is 4.22. The number of hydrogen-bond donors (Lipinski definition) is 1. The molecule has 0 saturated carbocycles. The average Bonchev–Trinajstić information content (AvgIpc) is 2.98. The minimum absolute atomic E-state index is 0.0895. The highest BCUT2D eigenvalue weighted by atomic mass is 16.2. The van der Waals surface area contributed by atoms with Crippen LogP contribution in [0.1, 0.15) is 34.0 Å². The van der Waals surface area contributed by atoms with Gasteiger partial charge in [0.25, 0.3) is 5.95 Å². The first-order valence-electron chi connectivity index (χ1n) is 7.91. The van der Waals surface area contributed by atoms with E-state index in [2.05, 4.69) is 20.4 Å². The zero-order chi connectivity index (χ0) is 17.4. The topological polar surface area (TPSA) is 89.8 Å². The van der Waals surface area contributed by atoms with Crippen LogP contribution in [-0.2, 0) is 4.79 Å². The van der Waals surface area contributed by atoms with Crippen molar-refractivity contribution in [2.75, 3.05) is 5.32 Å². The molecule has 0 aliphatic carbocycles. The molecule has 4 rings (SSSR count). The van der Waals surface area contributed by atoms with Crippen molar-refractivity contribution in [3.63, 3.8) is 0 Å². The molecule has 0 saturated heterocycles. The zero-order valence-corrected chi connectivity index (χ0v) is 13.5. The number of anilines is 1. The van der Waals surface area contributed by atoms with Crippen LogP contribution in [0.15, 0.2) is 48.8 Å². The lowest BCUT2D eigenvalue weighted by Crippen LogP contribution is -2.28. The average molecular weight is 333 g/mol. The van der Waals surface area contributed by atoms with Crippen molar-refractivity contribution < 1.29 is 9.59 Å². The second-order valence-corrected chi connectivity index (χ2v) is 5.84. The molecule has 1 aliphatic heterocycles. The van der Waals surface area contributed by atoms with Crippen LogP contribution in [0.2, 0.25) is 0 Å². The summed E-state index contributed by atoms with van der Waals surface area (Å²) in [6, 6.07) is 10.7. The van der Waals surface area contributed by atoms with Crippen LogP contribution in [0, 0.1) is 6.92 Å². The molecule has 0 fully saturated rings. The Balaban J connectivity index is 1.83. The van der Waals surface area contributed by atoms with Crippen LogP contribution in [0.5, 0.6) is 0 Å². The van der Waals surface area contributed by atoms with E-state index < -0.39 is 5.92 Å². The summed E-state index contributed by atoms with van der Waals surface area (Å²) in [5.41, 5.74) is 1.98. The Morgan fingerprint density at radius 2 is 1.88 bits per heavy atom. The summed E-state index contributed by atoms with van der Waals surface area (Å²) >= 11 is 0. The van der Waals surface area contributed by atoms with E-state index in [1.807, 2.05) is 25.1 Å². The molecule has 7 heteroatoms. The molecule has 0 bridgehead atoms. The van der Waals surface area contributed by atoms with Gasteiger partial charge in [-0.3, -0.25) is 9.59 Å². The molecular weight excluding hydrogens is 318 g/mol. The lowest BCUT2D eigenvalue weighted by molar-refractivity contribution is -0.116. The van der Waals surface area contributed by atoms with E-state index in [4.69, 9.17) is 0 Å². The molecule has 3 aromatic rings. The molecule has 3 heterocycles. The summed E-state index contributed by atoms with van der Waals surface area (Å²) in [5.74, 6) is -0.0648. The van der Waals surface area contributed by atoms with Crippen LogP contribution >= 0.6 is 0 Å². The number of aryl methyl sites for hydroxylation is 1. The lowest BCUT2D eigenvalue weighted by atomic mass is 9.85. The number of nitrogens with zero attached hydrogens (tertiary/aromatic N) is 4. The normalized spacial score (nSPS) is 16.2. The van der Waals surface area contributed by atoms with Crippen molar-refractivity contribution in [2.24, 2.45) is 0 Å². The number of carbonyl (C=O) groups is 2. The van der Waals surface area contributed by atoms with Crippen molar-refractivity contribution in [3.8, 4) is 5.95 Å². The predicted octanol–water partition coefficient (Wildman–Crippen LogP) is 2.28. The van der Waals surface area contributed by atoms with Crippen LogP contribution in [-0.4, -0.2) is 31.4 Å². The molecule has 1 unspecified atom stereocenters. The number of Topliss-reactive ketones (excluding diaryl/α,β-unsaturated/α-hetero) is 1. The third kappa shape index (κ3) is 2.59. The number of carbonyl (C=O) groups excluding carboxylic acids is 2. The first kappa shape index (κ1) is 15.2. The first-order chi connectivity index (χ1) is 12.1. The van der Waals surface area contributed by atoms with Crippen LogP contribution < -0.4 is 5.32 Å². The van der Waals surface area contributed by atoms with E-state index in [0.29, 0.717) is 23.0 Å². The highest BCUT2D eigenvalue weighted by Crippen LogP contribution is 2.37. The van der Waals surface area contributed by atoms with E-state index in [1.165, 1.54) is 4.68 Å². The zero-order valence-electron chi connectivity index (χ0n) is 13.5. The number of fused-ring (bicyclic) bond motifs is 1. The minimum atomic E-state index is -0.566. The van der Waals surface area contributed by atoms with Gasteiger partial charge < -0.3 is 5.32 Å². The first-order valence-corrected chi connectivity index (χ1v) is 7.91. The fourth-order valence-electron chi connectivity index (χ4n) is 3.12. The molecule has 2 aromatic heterocycles. The third-order valence-electron chi connectivity index (χ3n) is 4.22. The van der Waals surface area contributed by atoms with Gasteiger partial charge in [-0.2, -0.15) is 9.78 Å². The van der Waals surface area contributed by atoms with Crippen LogP contribution in [0.25, 0.3) is 5.95 Å². The number of rotatable bonds is 3. The monoisotopic (exact) mass is 333 g/mol. The summed E-state index contributed by atoms with van der Waals surface area (Å²) < 4.78 is 1.48. The summed E-state index contributed by atoms with van der Waals surface area (Å²) in [7, 11) is 0. The van der Waals surface area contributed by atoms with Crippen LogP contribution in [0.3, 0.4) is 0 Å². The molecule has 124 valence electrons. The van der Waals surface area contributed by atoms with Gasteiger partial charge in [-0.05, 0) is 13.0 Å². The van der Waals surface area contributed by atoms with Gasteiger partial charge >= 0.3 is 0 Å². The smallest absolute Gasteiger partial charge is 0.252 e. The van der Waals surface area contributed by atoms with Crippen molar-refractivity contribution in [3.05, 3.63) is 65.6 Å². The van der Waals surface area contributed by atoms with E-state index in [0.717, 1.165) is 5.56 Å². The molecule has 1 amide bonds. The lowest BCUT2D eigenvalue weighted by Gasteiger charge is -2.22. The fourth-order valence-corrected chi connectivity index (χ4v) is 3.12. The number of hydrogen-bond acceptors (Lipinski definition) is 5. The maximum absolute atomic E-state index is 13.0. The second-order valence-electron chi connectivity index (χ2n) is 5.84. The number of ketones is 1. The molecule has 1 N–H and O–H groups in total. The fraction of sp³-hybridized carbons (Fsp3) is 0.167. The van der Waals surface area contributed by atoms with Gasteiger partial charge in [0.15, 0.2) is 5.78 Å². The van der Waals surface area contributed by atoms with E-state index >= 15 is 0 Å². The highest BCUT2D eigenvalue weighted by molar-refractivity contribution is 6.07. The SMILES string of the molecule is Cc1nn(-c2ncccn2)c2c1C(C(=O)c1ccccc1)CC(=O)N2. The Labute approximate surface area is 143 Å². The number of nitrogens with one attached hydrogen (secondary N) is 1. The molecule has 1 atom stereocenters. The Hall–Kier alpha value is -3.35. The quantitative estimate of drug-likeness (QED) is 0.743. The summed E-state index contributed by atoms with van der Waals surface area (Å²) in [5, 5.41) is 7.26. The van der Waals surface area contributed by atoms with Gasteiger partial charge in [0.05, 0.1) is 11.6 Å². The van der Waals surface area contributed by atoms with Gasteiger partial charge in [-0.1, -0.05) is 30.3 Å². The standard InChI is InChI=1S/C18H15N5O2/c1-11-15-13(16(25)12-6-3-2-4-7-12)10-14(24)21-17(15)23(22-11)18-19-8-5-9-20-18/h2-9,13H,10H2,1H3,(H,21,24). The molecule has 0 spiro atoms. The molecule has 0 radical (unpaired) electrons. The summed E-state index contributed by atoms with van der Waals surface area (Å²) in [6.45, 7) is 1.82. The maximum Gasteiger partial charge on any atom is 0.252 e. The van der Waals surface area contributed by atoms with Crippen LogP contribution in [0.4, 0.5) is 5.82 Å². The summed E-state index contributed by atoms with van der Waals surface area (Å²) in [4.78, 5) is 33.5. The van der Waals surface area contributed by atoms with Gasteiger partial charge in [0.2, 0.25) is 5.91 Å². The van der Waals surface area contributed by atoms with Crippen molar-refractivity contribution in [1.82, 2.24) is 19.7 Å². The Morgan fingerprint density at radius 3 is 2.60 bits per heavy atom. The van der Waals surface area contributed by atoms with E-state index in [9.17, 15) is 9.59 Å². The molecule has 1 aromatic carbocycles. The van der Waals surface area contributed by atoms with Crippen molar-refractivity contribution in [2.45, 2.75) is 19.3 Å². The van der Waals surface area contributed by atoms with Crippen molar-refractivity contribution in [1.29, 1.82) is 0 Å². The molecule has 7 nitrogen and oxygen atoms in total. The molecular formula is C18H15N5O2. The Morgan fingerprint density at radius 1 is 1.16 bits per heavy atom. The largest absolute Gasteiger partial charge is 0.310 e. The van der Waals surface area contributed by atoms with Gasteiger partial charge in [-0.25, -0.2) is 9.97 Å². The van der Waals surface area contributed by atoms with Gasteiger partial charge in [-0.15, -0.1) is 0 Å². The van der Waals surface area contributed by atoms with E-state index in [-0.39, 0.29) is 18.1 Å². The second kappa shape index (κ2) is 5.94. The van der Waals surface area contributed by atoms with Crippen molar-refractivity contribution >= 4 is 17.5 Å². The predicted molar refractivity (Wildman–Crippen MR) is 90.7 cm³/mol. The van der Waals surface area contributed by atoms with Gasteiger partial charge in [0.1, 0.15) is 5.82 Å². The number of benzene rings is 1. The Kier molecular flexibility index (Phi) is 3.61. The molecule has 1 aliphatic rings. The van der Waals surface area contributed by atoms with Gasteiger partial charge in [0, 0.05) is 29.9 Å². The maximum atomic E-state index is 13.0. The summed E-state index contributed by atoms with van der Waals surface area (Å²) in [6.07, 6.45) is 3.30. The number of amides is 1. The molecule has 25 heavy (non-hydrogen) atoms. The van der Waals surface area contributed by atoms with E-state index in [1.54, 1.807) is 30.6 Å². The highest BCUT2D eigenvalue weighted by Gasteiger charge is 2.36. The number of aromatic nitrogens is 4.